The summed E-state index contributed by atoms with van der Waals surface area (Å²) in [5.41, 5.74) is -0.459. The Balaban J connectivity index is 2.01. The zero-order chi connectivity index (χ0) is 15.0. The van der Waals surface area contributed by atoms with E-state index in [9.17, 15) is 4.79 Å². The Kier molecular flexibility index (Phi) is 4.00. The Bertz CT molecular complexity index is 479. The van der Waals surface area contributed by atoms with Crippen LogP contribution in [0.25, 0.3) is 0 Å². The molecule has 2 rings (SSSR count). The molecule has 1 aromatic rings. The van der Waals surface area contributed by atoms with Gasteiger partial charge in [0.1, 0.15) is 0 Å². The first kappa shape index (κ1) is 15.5. The molecule has 0 bridgehead atoms. The average molecular weight is 295 g/mol. The topological polar surface area (TPSA) is 38.3 Å². The number of carbonyl (C=O) groups excluding carboxylic acids is 1. The van der Waals surface area contributed by atoms with Crippen LogP contribution < -0.4 is 5.32 Å². The number of rotatable bonds is 6. The van der Waals surface area contributed by atoms with E-state index in [-0.39, 0.29) is 22.3 Å². The summed E-state index contributed by atoms with van der Waals surface area (Å²) in [7, 11) is 1.71. The number of hydrogen-bond acceptors (Lipinski definition) is 3. The minimum absolute atomic E-state index is 0.0543. The highest BCUT2D eigenvalue weighted by atomic mass is 32.1. The van der Waals surface area contributed by atoms with Crippen molar-refractivity contribution < 1.29 is 9.53 Å². The van der Waals surface area contributed by atoms with Crippen LogP contribution in [0.15, 0.2) is 17.5 Å². The maximum Gasteiger partial charge on any atom is 0.232 e. The molecule has 1 heterocycles. The minimum atomic E-state index is -0.321. The summed E-state index contributed by atoms with van der Waals surface area (Å²) in [4.78, 5) is 13.9. The van der Waals surface area contributed by atoms with Gasteiger partial charge in [-0.3, -0.25) is 4.79 Å². The third kappa shape index (κ3) is 2.63. The zero-order valence-electron chi connectivity index (χ0n) is 13.1. The van der Waals surface area contributed by atoms with Crippen molar-refractivity contribution in [3.8, 4) is 0 Å². The number of methoxy groups -OCH3 is 1. The van der Waals surface area contributed by atoms with Crippen molar-refractivity contribution in [2.45, 2.75) is 51.6 Å². The van der Waals surface area contributed by atoms with Gasteiger partial charge in [-0.2, -0.15) is 0 Å². The van der Waals surface area contributed by atoms with Gasteiger partial charge in [0, 0.05) is 18.5 Å². The average Bonchev–Trinajstić information content (AvgIpc) is 2.79. The highest BCUT2D eigenvalue weighted by Crippen LogP contribution is 2.65. The molecule has 3 nitrogen and oxygen atoms in total. The number of hydrogen-bond donors (Lipinski definition) is 1. The van der Waals surface area contributed by atoms with Crippen LogP contribution in [0.2, 0.25) is 0 Å². The zero-order valence-corrected chi connectivity index (χ0v) is 13.9. The van der Waals surface area contributed by atoms with Gasteiger partial charge < -0.3 is 10.1 Å². The Morgan fingerprint density at radius 3 is 2.60 bits per heavy atom. The van der Waals surface area contributed by atoms with Crippen LogP contribution in [0.5, 0.6) is 0 Å². The summed E-state index contributed by atoms with van der Waals surface area (Å²) in [6.45, 7) is 9.07. The normalized spacial score (nSPS) is 24.4. The lowest BCUT2D eigenvalue weighted by atomic mass is 9.93. The van der Waals surface area contributed by atoms with Crippen molar-refractivity contribution in [3.05, 3.63) is 22.4 Å². The van der Waals surface area contributed by atoms with Gasteiger partial charge in [0.2, 0.25) is 5.91 Å². The molecule has 0 saturated heterocycles. The predicted octanol–water partition coefficient (Wildman–Crippen LogP) is 3.35. The molecule has 1 unspecified atom stereocenters. The van der Waals surface area contributed by atoms with E-state index in [0.29, 0.717) is 6.54 Å². The summed E-state index contributed by atoms with van der Waals surface area (Å²) in [5, 5.41) is 5.16. The second kappa shape index (κ2) is 5.15. The molecule has 1 aliphatic carbocycles. The molecule has 1 amide bonds. The van der Waals surface area contributed by atoms with Crippen LogP contribution in [0.3, 0.4) is 0 Å². The van der Waals surface area contributed by atoms with Crippen LogP contribution in [0, 0.1) is 5.41 Å². The van der Waals surface area contributed by atoms with Gasteiger partial charge in [-0.25, -0.2) is 0 Å². The first-order valence-electron chi connectivity index (χ1n) is 7.13. The summed E-state index contributed by atoms with van der Waals surface area (Å²) in [6, 6.07) is 4.11. The van der Waals surface area contributed by atoms with Gasteiger partial charge in [-0.05, 0) is 43.6 Å². The smallest absolute Gasteiger partial charge is 0.232 e. The van der Waals surface area contributed by atoms with Gasteiger partial charge >= 0.3 is 0 Å². The van der Waals surface area contributed by atoms with Crippen molar-refractivity contribution in [2.24, 2.45) is 5.41 Å². The summed E-state index contributed by atoms with van der Waals surface area (Å²) in [6.07, 6.45) is 1.75. The lowest BCUT2D eigenvalue weighted by Gasteiger charge is -2.24. The molecule has 0 radical (unpaired) electrons. The Morgan fingerprint density at radius 1 is 1.50 bits per heavy atom. The Labute approximate surface area is 125 Å². The molecule has 4 heteroatoms. The number of ether oxygens (including phenoxy) is 1. The molecule has 112 valence electrons. The minimum Gasteiger partial charge on any atom is -0.379 e. The second-order valence-corrected chi connectivity index (χ2v) is 7.86. The fourth-order valence-corrected chi connectivity index (χ4v) is 3.89. The molecule has 1 saturated carbocycles. The third-order valence-corrected chi connectivity index (χ3v) is 5.66. The van der Waals surface area contributed by atoms with E-state index in [0.717, 1.165) is 12.8 Å². The number of amides is 1. The lowest BCUT2D eigenvalue weighted by molar-refractivity contribution is -0.124. The van der Waals surface area contributed by atoms with Crippen LogP contribution in [-0.4, -0.2) is 25.2 Å². The van der Waals surface area contributed by atoms with E-state index in [1.807, 2.05) is 25.3 Å². The molecular weight excluding hydrogens is 270 g/mol. The van der Waals surface area contributed by atoms with Crippen molar-refractivity contribution in [3.63, 3.8) is 0 Å². The Hall–Kier alpha value is -0.870. The fraction of sp³-hybridized carbons (Fsp3) is 0.688. The van der Waals surface area contributed by atoms with Gasteiger partial charge in [-0.1, -0.05) is 19.9 Å². The van der Waals surface area contributed by atoms with Gasteiger partial charge in [0.05, 0.1) is 11.0 Å². The lowest BCUT2D eigenvalue weighted by Crippen LogP contribution is -2.40. The molecule has 1 aromatic heterocycles. The highest BCUT2D eigenvalue weighted by molar-refractivity contribution is 7.10. The molecule has 1 fully saturated rings. The quantitative estimate of drug-likeness (QED) is 0.874. The summed E-state index contributed by atoms with van der Waals surface area (Å²) < 4.78 is 5.38. The van der Waals surface area contributed by atoms with E-state index in [1.54, 1.807) is 18.4 Å². The van der Waals surface area contributed by atoms with Crippen LogP contribution in [-0.2, 0) is 14.9 Å². The molecular formula is C16H25NO2S. The number of carbonyl (C=O) groups is 1. The van der Waals surface area contributed by atoms with Gasteiger partial charge in [-0.15, -0.1) is 11.3 Å². The van der Waals surface area contributed by atoms with Crippen molar-refractivity contribution in [2.75, 3.05) is 13.7 Å². The second-order valence-electron chi connectivity index (χ2n) is 6.91. The maximum atomic E-state index is 12.7. The fourth-order valence-electron chi connectivity index (χ4n) is 2.79. The van der Waals surface area contributed by atoms with E-state index in [1.165, 1.54) is 4.88 Å². The monoisotopic (exact) mass is 295 g/mol. The van der Waals surface area contributed by atoms with E-state index >= 15 is 0 Å². The predicted molar refractivity (Wildman–Crippen MR) is 83.1 cm³/mol. The standard InChI is InChI=1S/C16H25NO2S/c1-14(2)11-16(14,12-7-6-10-20-12)13(18)17-9-8-15(3,4)19-5/h6-7,10H,8-9,11H2,1-5H3,(H,17,18). The number of nitrogens with one attached hydrogen (secondary N) is 1. The molecule has 1 atom stereocenters. The van der Waals surface area contributed by atoms with Gasteiger partial charge in [0.25, 0.3) is 0 Å². The molecule has 1 N–H and O–H groups in total. The van der Waals surface area contributed by atoms with E-state index in [4.69, 9.17) is 4.74 Å². The Morgan fingerprint density at radius 2 is 2.15 bits per heavy atom. The molecule has 20 heavy (non-hydrogen) atoms. The van der Waals surface area contributed by atoms with Gasteiger partial charge in [0.15, 0.2) is 0 Å². The molecule has 1 aliphatic rings. The van der Waals surface area contributed by atoms with Crippen molar-refractivity contribution >= 4 is 17.2 Å². The molecule has 0 spiro atoms. The van der Waals surface area contributed by atoms with Crippen molar-refractivity contribution in [1.29, 1.82) is 0 Å². The molecule has 0 aromatic carbocycles. The third-order valence-electron chi connectivity index (χ3n) is 4.63. The summed E-state index contributed by atoms with van der Waals surface area (Å²) >= 11 is 1.68. The van der Waals surface area contributed by atoms with E-state index < -0.39 is 0 Å². The maximum absolute atomic E-state index is 12.7. The SMILES string of the molecule is COC(C)(C)CCNC(=O)C1(c2cccs2)CC1(C)C. The van der Waals surface area contributed by atoms with E-state index in [2.05, 4.69) is 25.2 Å². The van der Waals surface area contributed by atoms with Crippen LogP contribution >= 0.6 is 11.3 Å². The highest BCUT2D eigenvalue weighted by Gasteiger charge is 2.67. The number of thiophene rings is 1. The first-order chi connectivity index (χ1) is 9.25. The first-order valence-corrected chi connectivity index (χ1v) is 8.01. The summed E-state index contributed by atoms with van der Waals surface area (Å²) in [5.74, 6) is 0.164. The largest absolute Gasteiger partial charge is 0.379 e. The van der Waals surface area contributed by atoms with Crippen molar-refractivity contribution in [1.82, 2.24) is 5.32 Å². The van der Waals surface area contributed by atoms with Crippen LogP contribution in [0.1, 0.15) is 45.4 Å². The van der Waals surface area contributed by atoms with Crippen LogP contribution in [0.4, 0.5) is 0 Å². The molecule has 0 aliphatic heterocycles.